The Labute approximate surface area is 207 Å². The fraction of sp³-hybridized carbons (Fsp3) is 0.360. The topological polar surface area (TPSA) is 64.3 Å². The molecule has 1 aromatic heterocycles. The number of imidazole rings is 1. The maximum absolute atomic E-state index is 13.6. The van der Waals surface area contributed by atoms with E-state index in [2.05, 4.69) is 20.2 Å². The summed E-state index contributed by atoms with van der Waals surface area (Å²) in [5.74, 6) is 0. The third kappa shape index (κ3) is 5.46. The molecule has 1 aliphatic rings. The molecule has 0 aliphatic carbocycles. The molecule has 1 fully saturated rings. The molecular formula is C25H27ClF3N5O. The number of piperidine rings is 1. The quantitative estimate of drug-likeness (QED) is 0.461. The number of halogens is 4. The van der Waals surface area contributed by atoms with Crippen LogP contribution in [0, 0.1) is 6.92 Å². The van der Waals surface area contributed by atoms with Gasteiger partial charge in [-0.15, -0.1) is 0 Å². The number of carbonyl (C=O) groups is 1. The number of urea groups is 1. The summed E-state index contributed by atoms with van der Waals surface area (Å²) >= 11 is 6.02. The van der Waals surface area contributed by atoms with Gasteiger partial charge in [0.05, 0.1) is 23.6 Å². The molecule has 2 aromatic carbocycles. The van der Waals surface area contributed by atoms with E-state index >= 15 is 0 Å². The van der Waals surface area contributed by atoms with Gasteiger partial charge in [0.25, 0.3) is 0 Å². The van der Waals surface area contributed by atoms with Gasteiger partial charge in [-0.25, -0.2) is 9.78 Å². The SMILES string of the molecule is CNC(=O)N(c1ccc(Cl)cc1)C1CCN(C(c2ccc(C)c(C(F)(F)F)c2)c2cnc[nH]2)CC1. The number of likely N-dealkylation sites (tertiary alicyclic amines) is 1. The smallest absolute Gasteiger partial charge is 0.347 e. The van der Waals surface area contributed by atoms with Crippen molar-refractivity contribution in [1.82, 2.24) is 20.2 Å². The monoisotopic (exact) mass is 505 g/mol. The minimum atomic E-state index is -4.43. The predicted molar refractivity (Wildman–Crippen MR) is 130 cm³/mol. The van der Waals surface area contributed by atoms with Crippen molar-refractivity contribution < 1.29 is 18.0 Å². The zero-order valence-electron chi connectivity index (χ0n) is 19.4. The fourth-order valence-electron chi connectivity index (χ4n) is 4.74. The molecule has 4 rings (SSSR count). The molecule has 0 spiro atoms. The number of H-pyrrole nitrogens is 1. The summed E-state index contributed by atoms with van der Waals surface area (Å²) in [4.78, 5) is 23.8. The molecule has 3 aromatic rings. The second-order valence-electron chi connectivity index (χ2n) is 8.65. The number of rotatable bonds is 5. The Morgan fingerprint density at radius 2 is 1.89 bits per heavy atom. The lowest BCUT2D eigenvalue weighted by molar-refractivity contribution is -0.138. The summed E-state index contributed by atoms with van der Waals surface area (Å²) in [6, 6.07) is 10.9. The molecule has 1 atom stereocenters. The van der Waals surface area contributed by atoms with E-state index in [1.165, 1.54) is 25.4 Å². The van der Waals surface area contributed by atoms with Crippen LogP contribution in [0.2, 0.25) is 5.02 Å². The Morgan fingerprint density at radius 1 is 1.20 bits per heavy atom. The molecular weight excluding hydrogens is 479 g/mol. The number of anilines is 1. The highest BCUT2D eigenvalue weighted by atomic mass is 35.5. The number of nitrogens with zero attached hydrogens (tertiary/aromatic N) is 3. The lowest BCUT2D eigenvalue weighted by Crippen LogP contribution is -2.51. The zero-order chi connectivity index (χ0) is 25.2. The standard InChI is InChI=1S/C25H27ClF3N5O/c1-16-3-4-17(13-21(16)25(27,28)29)23(22-14-31-15-32-22)33-11-9-20(10-12-33)34(24(35)30-2)19-7-5-18(26)6-8-19/h3-8,13-15,20,23H,9-12H2,1-2H3,(H,30,35)(H,31,32). The van der Waals surface area contributed by atoms with E-state index < -0.39 is 17.8 Å². The van der Waals surface area contributed by atoms with Crippen molar-refractivity contribution in [1.29, 1.82) is 0 Å². The molecule has 6 nitrogen and oxygen atoms in total. The van der Waals surface area contributed by atoms with Gasteiger partial charge in [-0.05, 0) is 61.2 Å². The van der Waals surface area contributed by atoms with Crippen LogP contribution in [0.4, 0.5) is 23.7 Å². The summed E-state index contributed by atoms with van der Waals surface area (Å²) in [5, 5.41) is 3.29. The number of benzene rings is 2. The van der Waals surface area contributed by atoms with E-state index in [9.17, 15) is 18.0 Å². The molecule has 2 heterocycles. The molecule has 1 saturated heterocycles. The number of aromatic amines is 1. The average Bonchev–Trinajstić information content (AvgIpc) is 3.36. The largest absolute Gasteiger partial charge is 0.416 e. The molecule has 0 radical (unpaired) electrons. The van der Waals surface area contributed by atoms with Gasteiger partial charge in [0.1, 0.15) is 0 Å². The number of alkyl halides is 3. The van der Waals surface area contributed by atoms with Crippen molar-refractivity contribution in [2.45, 2.75) is 38.0 Å². The molecule has 0 bridgehead atoms. The molecule has 1 aliphatic heterocycles. The molecule has 35 heavy (non-hydrogen) atoms. The van der Waals surface area contributed by atoms with Crippen LogP contribution in [0.1, 0.15) is 41.3 Å². The first-order valence-electron chi connectivity index (χ1n) is 11.4. The average molecular weight is 506 g/mol. The Bertz CT molecular complexity index is 1140. The Hall–Kier alpha value is -3.04. The van der Waals surface area contributed by atoms with Crippen LogP contribution in [0.3, 0.4) is 0 Å². The van der Waals surface area contributed by atoms with E-state index in [4.69, 9.17) is 11.6 Å². The number of hydrogen-bond acceptors (Lipinski definition) is 3. The van der Waals surface area contributed by atoms with Gasteiger partial charge in [-0.3, -0.25) is 9.80 Å². The van der Waals surface area contributed by atoms with Crippen molar-refractivity contribution in [2.75, 3.05) is 25.0 Å². The third-order valence-corrected chi connectivity index (χ3v) is 6.72. The van der Waals surface area contributed by atoms with Crippen molar-refractivity contribution in [2.24, 2.45) is 0 Å². The Balaban J connectivity index is 1.60. The summed E-state index contributed by atoms with van der Waals surface area (Å²) in [7, 11) is 1.59. The highest BCUT2D eigenvalue weighted by molar-refractivity contribution is 6.30. The molecule has 0 saturated carbocycles. The van der Waals surface area contributed by atoms with Crippen LogP contribution in [-0.2, 0) is 6.18 Å². The fourth-order valence-corrected chi connectivity index (χ4v) is 4.86. The molecule has 10 heteroatoms. The van der Waals surface area contributed by atoms with E-state index in [-0.39, 0.29) is 17.6 Å². The van der Waals surface area contributed by atoms with E-state index in [1.807, 2.05) is 12.1 Å². The van der Waals surface area contributed by atoms with Gasteiger partial charge in [-0.2, -0.15) is 13.2 Å². The summed E-state index contributed by atoms with van der Waals surface area (Å²) in [6.07, 6.45) is 0.0474. The predicted octanol–water partition coefficient (Wildman–Crippen LogP) is 5.79. The number of aromatic nitrogens is 2. The first-order chi connectivity index (χ1) is 16.7. The summed E-state index contributed by atoms with van der Waals surface area (Å²) in [6.45, 7) is 2.64. The zero-order valence-corrected chi connectivity index (χ0v) is 20.2. The summed E-state index contributed by atoms with van der Waals surface area (Å²) < 4.78 is 40.9. The number of hydrogen-bond donors (Lipinski definition) is 2. The van der Waals surface area contributed by atoms with Gasteiger partial charge in [0, 0.05) is 43.1 Å². The molecule has 2 amide bonds. The number of carbonyl (C=O) groups excluding carboxylic acids is 1. The van der Waals surface area contributed by atoms with Gasteiger partial charge in [0.2, 0.25) is 0 Å². The van der Waals surface area contributed by atoms with Crippen molar-refractivity contribution in [3.63, 3.8) is 0 Å². The Kier molecular flexibility index (Phi) is 7.37. The normalized spacial score (nSPS) is 16.2. The highest BCUT2D eigenvalue weighted by Gasteiger charge is 2.36. The molecule has 2 N–H and O–H groups in total. The minimum absolute atomic E-state index is 0.0708. The lowest BCUT2D eigenvalue weighted by Gasteiger charge is -2.41. The first kappa shape index (κ1) is 25.1. The van der Waals surface area contributed by atoms with Gasteiger partial charge < -0.3 is 10.3 Å². The number of nitrogens with one attached hydrogen (secondary N) is 2. The highest BCUT2D eigenvalue weighted by Crippen LogP contribution is 2.37. The first-order valence-corrected chi connectivity index (χ1v) is 11.7. The Morgan fingerprint density at radius 3 is 2.46 bits per heavy atom. The van der Waals surface area contributed by atoms with Crippen LogP contribution in [0.25, 0.3) is 0 Å². The van der Waals surface area contributed by atoms with Crippen LogP contribution in [-0.4, -0.2) is 47.1 Å². The van der Waals surface area contributed by atoms with Crippen molar-refractivity contribution in [3.8, 4) is 0 Å². The number of amides is 2. The van der Waals surface area contributed by atoms with Crippen LogP contribution >= 0.6 is 11.6 Å². The molecule has 1 unspecified atom stereocenters. The van der Waals surface area contributed by atoms with E-state index in [0.29, 0.717) is 36.5 Å². The summed E-state index contributed by atoms with van der Waals surface area (Å²) in [5.41, 5.74) is 1.56. The van der Waals surface area contributed by atoms with Gasteiger partial charge in [-0.1, -0.05) is 23.7 Å². The number of aryl methyl sites for hydroxylation is 1. The maximum Gasteiger partial charge on any atom is 0.416 e. The van der Waals surface area contributed by atoms with E-state index in [1.54, 1.807) is 36.3 Å². The van der Waals surface area contributed by atoms with Crippen LogP contribution in [0.5, 0.6) is 0 Å². The second-order valence-corrected chi connectivity index (χ2v) is 9.09. The van der Waals surface area contributed by atoms with E-state index in [0.717, 1.165) is 11.4 Å². The van der Waals surface area contributed by atoms with Crippen LogP contribution < -0.4 is 10.2 Å². The van der Waals surface area contributed by atoms with Crippen molar-refractivity contribution in [3.05, 3.63) is 82.4 Å². The maximum atomic E-state index is 13.6. The minimum Gasteiger partial charge on any atom is -0.347 e. The van der Waals surface area contributed by atoms with Gasteiger partial charge in [0.15, 0.2) is 0 Å². The molecule has 186 valence electrons. The lowest BCUT2D eigenvalue weighted by atomic mass is 9.94. The third-order valence-electron chi connectivity index (χ3n) is 6.46. The van der Waals surface area contributed by atoms with Crippen LogP contribution in [0.15, 0.2) is 55.0 Å². The second kappa shape index (κ2) is 10.3. The van der Waals surface area contributed by atoms with Gasteiger partial charge >= 0.3 is 12.2 Å². The van der Waals surface area contributed by atoms with Crippen molar-refractivity contribution >= 4 is 23.3 Å².